The van der Waals surface area contributed by atoms with Crippen LogP contribution in [-0.4, -0.2) is 33.2 Å². The smallest absolute Gasteiger partial charge is 0.338 e. The summed E-state index contributed by atoms with van der Waals surface area (Å²) in [5.74, 6) is -0.239. The van der Waals surface area contributed by atoms with Crippen molar-refractivity contribution >= 4 is 27.4 Å². The number of para-hydroxylation sites is 2. The Kier molecular flexibility index (Phi) is 7.27. The number of sulfone groups is 1. The molecule has 0 saturated heterocycles. The van der Waals surface area contributed by atoms with Crippen LogP contribution >= 0.6 is 0 Å². The first-order chi connectivity index (χ1) is 15.2. The molecule has 1 N–H and O–H groups in total. The molecule has 0 bridgehead atoms. The van der Waals surface area contributed by atoms with Crippen molar-refractivity contribution in [2.24, 2.45) is 0 Å². The van der Waals surface area contributed by atoms with Crippen molar-refractivity contribution in [2.75, 3.05) is 18.2 Å². The second-order valence-electron chi connectivity index (χ2n) is 7.30. The molecule has 3 rings (SSSR count). The minimum Gasteiger partial charge on any atom is -0.455 e. The van der Waals surface area contributed by atoms with Crippen LogP contribution in [0.2, 0.25) is 0 Å². The van der Waals surface area contributed by atoms with Crippen LogP contribution in [0.15, 0.2) is 72.8 Å². The Morgan fingerprint density at radius 1 is 0.906 bits per heavy atom. The molecule has 0 heterocycles. The first-order valence-corrected chi connectivity index (χ1v) is 11.8. The molecule has 0 aromatic heterocycles. The van der Waals surface area contributed by atoms with Gasteiger partial charge in [0.2, 0.25) is 0 Å². The molecule has 0 radical (unpaired) electrons. The quantitative estimate of drug-likeness (QED) is 0.515. The number of anilines is 1. The lowest BCUT2D eigenvalue weighted by Crippen LogP contribution is -2.21. The molecule has 3 aromatic carbocycles. The standard InChI is InChI=1S/C24H23NO6S/c1-17-7-13-20(14-8-17)31-22-6-4-3-5-21(22)25-23(26)15-30-24(27)19-11-9-18(10-12-19)16-32(2,28)29/h3-14H,15-16H2,1-2H3,(H,25,26). The van der Waals surface area contributed by atoms with E-state index in [0.29, 0.717) is 22.7 Å². The van der Waals surface area contributed by atoms with Crippen molar-refractivity contribution < 1.29 is 27.5 Å². The maximum absolute atomic E-state index is 12.3. The van der Waals surface area contributed by atoms with Gasteiger partial charge in [-0.05, 0) is 48.9 Å². The number of ether oxygens (including phenoxy) is 2. The SMILES string of the molecule is Cc1ccc(Oc2ccccc2NC(=O)COC(=O)c2ccc(CS(C)(=O)=O)cc2)cc1. The Balaban J connectivity index is 1.57. The molecule has 7 nitrogen and oxygen atoms in total. The fourth-order valence-corrected chi connectivity index (χ4v) is 3.63. The Morgan fingerprint density at radius 3 is 2.22 bits per heavy atom. The number of carbonyl (C=O) groups is 2. The van der Waals surface area contributed by atoms with Crippen molar-refractivity contribution in [2.45, 2.75) is 12.7 Å². The molecule has 8 heteroatoms. The number of rotatable bonds is 8. The van der Waals surface area contributed by atoms with E-state index in [4.69, 9.17) is 9.47 Å². The van der Waals surface area contributed by atoms with E-state index in [9.17, 15) is 18.0 Å². The molecule has 0 aliphatic heterocycles. The highest BCUT2D eigenvalue weighted by Gasteiger charge is 2.13. The second kappa shape index (κ2) is 10.1. The summed E-state index contributed by atoms with van der Waals surface area (Å²) < 4.78 is 33.6. The zero-order valence-corrected chi connectivity index (χ0v) is 18.5. The Labute approximate surface area is 186 Å². The van der Waals surface area contributed by atoms with E-state index in [1.54, 1.807) is 24.3 Å². The summed E-state index contributed by atoms with van der Waals surface area (Å²) in [4.78, 5) is 24.5. The van der Waals surface area contributed by atoms with E-state index < -0.39 is 28.3 Å². The highest BCUT2D eigenvalue weighted by atomic mass is 32.2. The van der Waals surface area contributed by atoms with E-state index in [1.807, 2.05) is 31.2 Å². The first kappa shape index (κ1) is 23.0. The molecular formula is C24H23NO6S. The Bertz CT molecular complexity index is 1200. The summed E-state index contributed by atoms with van der Waals surface area (Å²) in [5, 5.41) is 2.68. The molecule has 32 heavy (non-hydrogen) atoms. The van der Waals surface area contributed by atoms with Crippen LogP contribution in [0, 0.1) is 6.92 Å². The average Bonchev–Trinajstić information content (AvgIpc) is 2.74. The first-order valence-electron chi connectivity index (χ1n) is 9.77. The van der Waals surface area contributed by atoms with E-state index in [0.717, 1.165) is 11.8 Å². The van der Waals surface area contributed by atoms with Gasteiger partial charge >= 0.3 is 5.97 Å². The van der Waals surface area contributed by atoms with Crippen LogP contribution in [0.5, 0.6) is 11.5 Å². The molecule has 0 aliphatic carbocycles. The van der Waals surface area contributed by atoms with Crippen LogP contribution in [0.3, 0.4) is 0 Å². The molecule has 166 valence electrons. The third kappa shape index (κ3) is 6.95. The lowest BCUT2D eigenvalue weighted by Gasteiger charge is -2.12. The lowest BCUT2D eigenvalue weighted by molar-refractivity contribution is -0.119. The molecule has 1 amide bonds. The van der Waals surface area contributed by atoms with Crippen molar-refractivity contribution in [1.29, 1.82) is 0 Å². The highest BCUT2D eigenvalue weighted by Crippen LogP contribution is 2.29. The molecule has 0 aliphatic rings. The number of benzene rings is 3. The lowest BCUT2D eigenvalue weighted by atomic mass is 10.1. The van der Waals surface area contributed by atoms with Gasteiger partial charge in [-0.1, -0.05) is 42.0 Å². The van der Waals surface area contributed by atoms with Crippen LogP contribution in [0.4, 0.5) is 5.69 Å². The summed E-state index contributed by atoms with van der Waals surface area (Å²) in [6.45, 7) is 1.49. The molecule has 0 fully saturated rings. The van der Waals surface area contributed by atoms with E-state index in [2.05, 4.69) is 5.32 Å². The average molecular weight is 454 g/mol. The van der Waals surface area contributed by atoms with Crippen molar-refractivity contribution in [3.05, 3.63) is 89.5 Å². The fourth-order valence-electron chi connectivity index (χ4n) is 2.83. The van der Waals surface area contributed by atoms with Gasteiger partial charge in [0.15, 0.2) is 22.2 Å². The third-order valence-electron chi connectivity index (χ3n) is 4.36. The number of esters is 1. The zero-order chi connectivity index (χ0) is 23.1. The van der Waals surface area contributed by atoms with Crippen molar-refractivity contribution in [1.82, 2.24) is 0 Å². The molecule has 0 spiro atoms. The summed E-state index contributed by atoms with van der Waals surface area (Å²) >= 11 is 0. The van der Waals surface area contributed by atoms with E-state index in [-0.39, 0.29) is 11.3 Å². The van der Waals surface area contributed by atoms with Gasteiger partial charge in [0.05, 0.1) is 17.0 Å². The van der Waals surface area contributed by atoms with E-state index in [1.165, 1.54) is 24.3 Å². The molecule has 0 atom stereocenters. The third-order valence-corrected chi connectivity index (χ3v) is 5.22. The second-order valence-corrected chi connectivity index (χ2v) is 9.44. The van der Waals surface area contributed by atoms with Crippen molar-refractivity contribution in [3.63, 3.8) is 0 Å². The summed E-state index contributed by atoms with van der Waals surface area (Å²) in [5.41, 5.74) is 2.33. The summed E-state index contributed by atoms with van der Waals surface area (Å²) in [7, 11) is -3.17. The van der Waals surface area contributed by atoms with Crippen LogP contribution in [-0.2, 0) is 25.1 Å². The Hall–Kier alpha value is -3.65. The van der Waals surface area contributed by atoms with Gasteiger partial charge < -0.3 is 14.8 Å². The maximum atomic E-state index is 12.3. The maximum Gasteiger partial charge on any atom is 0.338 e. The van der Waals surface area contributed by atoms with E-state index >= 15 is 0 Å². The van der Waals surface area contributed by atoms with Gasteiger partial charge in [-0.15, -0.1) is 0 Å². The van der Waals surface area contributed by atoms with Crippen LogP contribution in [0.25, 0.3) is 0 Å². The molecule has 0 saturated carbocycles. The number of carbonyl (C=O) groups excluding carboxylic acids is 2. The molecular weight excluding hydrogens is 430 g/mol. The Morgan fingerprint density at radius 2 is 1.56 bits per heavy atom. The van der Waals surface area contributed by atoms with Gasteiger partial charge in [-0.25, -0.2) is 13.2 Å². The predicted octanol–water partition coefficient (Wildman–Crippen LogP) is 4.13. The highest BCUT2D eigenvalue weighted by molar-refractivity contribution is 7.89. The monoisotopic (exact) mass is 453 g/mol. The zero-order valence-electron chi connectivity index (χ0n) is 17.7. The fraction of sp³-hybridized carbons (Fsp3) is 0.167. The molecule has 0 unspecified atom stereocenters. The number of aryl methyl sites for hydroxylation is 1. The predicted molar refractivity (Wildman–Crippen MR) is 122 cm³/mol. The van der Waals surface area contributed by atoms with Crippen molar-refractivity contribution in [3.8, 4) is 11.5 Å². The molecule has 3 aromatic rings. The summed E-state index contributed by atoms with van der Waals surface area (Å²) in [6.07, 6.45) is 1.14. The largest absolute Gasteiger partial charge is 0.455 e. The van der Waals surface area contributed by atoms with Gasteiger partial charge in [-0.3, -0.25) is 4.79 Å². The normalized spacial score (nSPS) is 10.9. The van der Waals surface area contributed by atoms with Crippen LogP contribution in [0.1, 0.15) is 21.5 Å². The van der Waals surface area contributed by atoms with Gasteiger partial charge in [-0.2, -0.15) is 0 Å². The topological polar surface area (TPSA) is 98.8 Å². The summed E-state index contributed by atoms with van der Waals surface area (Å²) in [6, 6.07) is 20.4. The van der Waals surface area contributed by atoms with Gasteiger partial charge in [0.1, 0.15) is 5.75 Å². The van der Waals surface area contributed by atoms with Gasteiger partial charge in [0.25, 0.3) is 5.91 Å². The number of hydrogen-bond acceptors (Lipinski definition) is 6. The number of nitrogens with one attached hydrogen (secondary N) is 1. The number of hydrogen-bond donors (Lipinski definition) is 1. The van der Waals surface area contributed by atoms with Gasteiger partial charge in [0, 0.05) is 6.26 Å². The minimum atomic E-state index is -3.17. The minimum absolute atomic E-state index is 0.116. The van der Waals surface area contributed by atoms with Crippen LogP contribution < -0.4 is 10.1 Å². The number of amides is 1.